The van der Waals surface area contributed by atoms with Crippen molar-refractivity contribution in [1.29, 1.82) is 0 Å². The molecular formula is C14H22N4OSn. The van der Waals surface area contributed by atoms with Crippen LogP contribution in [-0.2, 0) is 0 Å². The Bertz CT molecular complexity index is 642. The molecule has 1 amide bonds. The van der Waals surface area contributed by atoms with Gasteiger partial charge in [0.1, 0.15) is 0 Å². The van der Waals surface area contributed by atoms with Gasteiger partial charge in [0.15, 0.2) is 0 Å². The zero-order valence-corrected chi connectivity index (χ0v) is 15.4. The number of fused-ring (bicyclic) bond motifs is 1. The summed E-state index contributed by atoms with van der Waals surface area (Å²) >= 11 is -2.30. The van der Waals surface area contributed by atoms with Crippen LogP contribution in [0.5, 0.6) is 0 Å². The number of imidazole rings is 1. The molecule has 0 spiro atoms. The Morgan fingerprint density at radius 1 is 1.45 bits per heavy atom. The molecule has 0 saturated heterocycles. The summed E-state index contributed by atoms with van der Waals surface area (Å²) in [6.45, 7) is 2.65. The van der Waals surface area contributed by atoms with Gasteiger partial charge in [0.2, 0.25) is 0 Å². The van der Waals surface area contributed by atoms with Crippen molar-refractivity contribution in [3.05, 3.63) is 24.0 Å². The van der Waals surface area contributed by atoms with E-state index in [2.05, 4.69) is 31.2 Å². The second-order valence-electron chi connectivity index (χ2n) is 5.97. The first-order valence-electron chi connectivity index (χ1n) is 6.91. The molecule has 2 aromatic rings. The van der Waals surface area contributed by atoms with E-state index in [1.54, 1.807) is 0 Å². The molecule has 0 aromatic carbocycles. The van der Waals surface area contributed by atoms with Gasteiger partial charge in [-0.15, -0.1) is 0 Å². The Labute approximate surface area is 123 Å². The summed E-state index contributed by atoms with van der Waals surface area (Å²) in [7, 11) is 0. The van der Waals surface area contributed by atoms with Crippen LogP contribution in [0.2, 0.25) is 14.8 Å². The molecule has 0 unspecified atom stereocenters. The van der Waals surface area contributed by atoms with E-state index in [-0.39, 0.29) is 5.91 Å². The number of aromatic nitrogens is 2. The second-order valence-corrected chi connectivity index (χ2v) is 20.3. The molecule has 0 aliphatic carbocycles. The summed E-state index contributed by atoms with van der Waals surface area (Å²) in [6, 6.07) is 4.10. The first kappa shape index (κ1) is 15.2. The second kappa shape index (κ2) is 5.63. The number of rotatable bonds is 4. The van der Waals surface area contributed by atoms with Crippen molar-refractivity contribution < 1.29 is 4.79 Å². The molecule has 2 aromatic heterocycles. The Morgan fingerprint density at radius 3 is 2.75 bits per heavy atom. The molecule has 0 radical (unpaired) electrons. The average molecular weight is 381 g/mol. The van der Waals surface area contributed by atoms with Gasteiger partial charge in [-0.25, -0.2) is 0 Å². The van der Waals surface area contributed by atoms with Gasteiger partial charge in [-0.05, 0) is 0 Å². The van der Waals surface area contributed by atoms with E-state index >= 15 is 0 Å². The van der Waals surface area contributed by atoms with Gasteiger partial charge in [0, 0.05) is 0 Å². The molecule has 3 N–H and O–H groups in total. The van der Waals surface area contributed by atoms with Crippen molar-refractivity contribution in [1.82, 2.24) is 14.7 Å². The number of pyridine rings is 1. The van der Waals surface area contributed by atoms with Crippen LogP contribution in [0.3, 0.4) is 0 Å². The number of anilines is 1. The minimum atomic E-state index is -2.30. The fourth-order valence-electron chi connectivity index (χ4n) is 2.16. The van der Waals surface area contributed by atoms with Crippen LogP contribution in [0.15, 0.2) is 18.3 Å². The van der Waals surface area contributed by atoms with E-state index in [9.17, 15) is 4.79 Å². The van der Waals surface area contributed by atoms with Gasteiger partial charge < -0.3 is 0 Å². The minimum absolute atomic E-state index is 0.192. The van der Waals surface area contributed by atoms with Gasteiger partial charge in [-0.3, -0.25) is 0 Å². The van der Waals surface area contributed by atoms with Crippen LogP contribution < -0.4 is 14.6 Å². The Hall–Kier alpha value is -1.24. The third-order valence-corrected chi connectivity index (χ3v) is 8.97. The summed E-state index contributed by atoms with van der Waals surface area (Å²) in [5, 5.41) is 2.83. The van der Waals surface area contributed by atoms with Crippen LogP contribution in [0.1, 0.15) is 23.8 Å². The van der Waals surface area contributed by atoms with Crippen LogP contribution in [-0.4, -0.2) is 40.2 Å². The van der Waals surface area contributed by atoms with Crippen LogP contribution >= 0.6 is 0 Å². The molecule has 2 heterocycles. The van der Waals surface area contributed by atoms with E-state index in [0.717, 1.165) is 12.1 Å². The van der Waals surface area contributed by atoms with Crippen molar-refractivity contribution in [2.24, 2.45) is 0 Å². The zero-order valence-electron chi connectivity index (χ0n) is 12.5. The van der Waals surface area contributed by atoms with Crippen molar-refractivity contribution in [3.8, 4) is 0 Å². The fraction of sp³-hybridized carbons (Fsp3) is 0.429. The van der Waals surface area contributed by atoms with Gasteiger partial charge in [-0.2, -0.15) is 0 Å². The summed E-state index contributed by atoms with van der Waals surface area (Å²) in [6.07, 6.45) is 2.76. The number of hydrogen-bond acceptors (Lipinski definition) is 3. The SMILES string of the molecule is CCCNC(=O)c1nc2[c]([Sn]([CH3])([CH3])[CH3])cccn2c1N. The predicted octanol–water partition coefficient (Wildman–Crippen LogP) is 1.60. The van der Waals surface area contributed by atoms with Gasteiger partial charge in [0.05, 0.1) is 0 Å². The normalized spacial score (nSPS) is 11.8. The topological polar surface area (TPSA) is 72.4 Å². The summed E-state index contributed by atoms with van der Waals surface area (Å²) < 4.78 is 3.11. The van der Waals surface area contributed by atoms with E-state index in [0.29, 0.717) is 18.1 Å². The number of carbonyl (C=O) groups excluding carboxylic acids is 1. The number of nitrogens with zero attached hydrogens (tertiary/aromatic N) is 2. The Morgan fingerprint density at radius 2 is 2.15 bits per heavy atom. The Kier molecular flexibility index (Phi) is 4.27. The molecule has 0 aliphatic heterocycles. The first-order chi connectivity index (χ1) is 9.36. The molecule has 2 rings (SSSR count). The molecule has 0 saturated carbocycles. The molecule has 20 heavy (non-hydrogen) atoms. The maximum absolute atomic E-state index is 12.1. The molecule has 0 bridgehead atoms. The number of nitrogens with two attached hydrogens (primary N) is 1. The number of nitrogen functional groups attached to an aromatic ring is 1. The number of hydrogen-bond donors (Lipinski definition) is 2. The van der Waals surface area contributed by atoms with Gasteiger partial charge in [0.25, 0.3) is 0 Å². The molecule has 0 fully saturated rings. The third-order valence-electron chi connectivity index (χ3n) is 3.25. The van der Waals surface area contributed by atoms with E-state index in [1.807, 2.05) is 23.6 Å². The van der Waals surface area contributed by atoms with Gasteiger partial charge in [-0.1, -0.05) is 0 Å². The van der Waals surface area contributed by atoms with Crippen molar-refractivity contribution >= 4 is 39.3 Å². The van der Waals surface area contributed by atoms with Crippen LogP contribution in [0, 0.1) is 0 Å². The average Bonchev–Trinajstić information content (AvgIpc) is 2.72. The van der Waals surface area contributed by atoms with Crippen molar-refractivity contribution in [3.63, 3.8) is 0 Å². The summed E-state index contributed by atoms with van der Waals surface area (Å²) in [4.78, 5) is 23.6. The summed E-state index contributed by atoms with van der Waals surface area (Å²) in [5.74, 6) is 0.231. The molecule has 5 nitrogen and oxygen atoms in total. The molecule has 6 heteroatoms. The predicted molar refractivity (Wildman–Crippen MR) is 85.2 cm³/mol. The molecular weight excluding hydrogens is 359 g/mol. The van der Waals surface area contributed by atoms with Crippen LogP contribution in [0.25, 0.3) is 5.65 Å². The first-order valence-corrected chi connectivity index (χ1v) is 16.9. The zero-order chi connectivity index (χ0) is 14.9. The number of carbonyl (C=O) groups is 1. The van der Waals surface area contributed by atoms with Crippen LogP contribution in [0.4, 0.5) is 5.82 Å². The maximum atomic E-state index is 12.1. The number of nitrogens with one attached hydrogen (secondary N) is 1. The fourth-order valence-corrected chi connectivity index (χ4v) is 6.28. The third kappa shape index (κ3) is 2.77. The standard InChI is InChI=1S/C11H13N4O.3CH3.Sn/c1-2-6-13-11(16)9-10(12)15-7-4-3-5-8(15)14-9;;;;/h3-4,7H,2,6,12H2,1H3,(H,13,16);3*1H3;. The van der Waals surface area contributed by atoms with E-state index in [1.165, 1.54) is 3.58 Å². The molecule has 0 atom stereocenters. The molecule has 0 aliphatic rings. The summed E-state index contributed by atoms with van der Waals surface area (Å²) in [5.41, 5.74) is 7.26. The monoisotopic (exact) mass is 382 g/mol. The molecule has 108 valence electrons. The van der Waals surface area contributed by atoms with E-state index < -0.39 is 18.4 Å². The van der Waals surface area contributed by atoms with Crippen molar-refractivity contribution in [2.45, 2.75) is 28.2 Å². The Balaban J connectivity index is 2.55. The van der Waals surface area contributed by atoms with Crippen molar-refractivity contribution in [2.75, 3.05) is 12.3 Å². The van der Waals surface area contributed by atoms with Gasteiger partial charge >= 0.3 is 123 Å². The quantitative estimate of drug-likeness (QED) is 0.791. The van der Waals surface area contributed by atoms with E-state index in [4.69, 9.17) is 5.73 Å². The number of amides is 1.